The van der Waals surface area contributed by atoms with Gasteiger partial charge in [-0.05, 0) is 18.2 Å². The maximum absolute atomic E-state index is 5.95. The maximum Gasteiger partial charge on any atom is 0.276 e. The van der Waals surface area contributed by atoms with Crippen LogP contribution in [0.1, 0.15) is 11.5 Å². The molecule has 2 N–H and O–H groups in total. The topological polar surface area (TPSA) is 74.2 Å². The lowest BCUT2D eigenvalue weighted by Crippen LogP contribution is -1.95. The van der Waals surface area contributed by atoms with Crippen LogP contribution in [-0.2, 0) is 12.3 Å². The van der Waals surface area contributed by atoms with Gasteiger partial charge < -0.3 is 14.9 Å². The van der Waals surface area contributed by atoms with Crippen LogP contribution >= 0.6 is 23.4 Å². The lowest BCUT2D eigenvalue weighted by molar-refractivity contribution is 0.410. The molecule has 18 heavy (non-hydrogen) atoms. The quantitative estimate of drug-likeness (QED) is 0.851. The van der Waals surface area contributed by atoms with E-state index in [-0.39, 0.29) is 6.54 Å². The molecule has 0 bridgehead atoms. The highest BCUT2D eigenvalue weighted by molar-refractivity contribution is 7.98. The predicted octanol–water partition coefficient (Wildman–Crippen LogP) is 2.48. The Morgan fingerprint density at radius 1 is 1.44 bits per heavy atom. The highest BCUT2D eigenvalue weighted by atomic mass is 35.5. The monoisotopic (exact) mass is 285 g/mol. The average molecular weight is 286 g/mol. The van der Waals surface area contributed by atoms with E-state index in [1.165, 1.54) is 11.8 Å². The molecular formula is C11H12ClN3O2S. The van der Waals surface area contributed by atoms with Crippen LogP contribution in [-0.4, -0.2) is 17.3 Å². The van der Waals surface area contributed by atoms with Gasteiger partial charge in [0.05, 0.1) is 13.7 Å². The summed E-state index contributed by atoms with van der Waals surface area (Å²) in [6.45, 7) is 0.244. The molecule has 5 nitrogen and oxygen atoms in total. The van der Waals surface area contributed by atoms with Crippen molar-refractivity contribution in [3.05, 3.63) is 34.7 Å². The molecule has 0 radical (unpaired) electrons. The lowest BCUT2D eigenvalue weighted by atomic mass is 10.2. The van der Waals surface area contributed by atoms with Crippen LogP contribution < -0.4 is 10.5 Å². The van der Waals surface area contributed by atoms with E-state index < -0.39 is 0 Å². The van der Waals surface area contributed by atoms with Crippen molar-refractivity contribution in [3.8, 4) is 5.75 Å². The molecule has 1 aromatic heterocycles. The zero-order chi connectivity index (χ0) is 13.0. The van der Waals surface area contributed by atoms with Gasteiger partial charge in [0.1, 0.15) is 5.75 Å². The molecule has 0 unspecified atom stereocenters. The third kappa shape index (κ3) is 3.16. The Morgan fingerprint density at radius 3 is 2.94 bits per heavy atom. The summed E-state index contributed by atoms with van der Waals surface area (Å²) in [5, 5.41) is 8.81. The number of ether oxygens (including phenoxy) is 1. The second kappa shape index (κ2) is 6.08. The van der Waals surface area contributed by atoms with Crippen LogP contribution in [0.4, 0.5) is 0 Å². The normalized spacial score (nSPS) is 10.6. The van der Waals surface area contributed by atoms with Gasteiger partial charge in [-0.25, -0.2) is 0 Å². The van der Waals surface area contributed by atoms with Crippen molar-refractivity contribution in [1.29, 1.82) is 0 Å². The first-order chi connectivity index (χ1) is 8.72. The molecule has 0 saturated carbocycles. The Kier molecular flexibility index (Phi) is 4.46. The molecule has 0 saturated heterocycles. The minimum atomic E-state index is 0.244. The van der Waals surface area contributed by atoms with Crippen LogP contribution in [0.5, 0.6) is 5.75 Å². The number of aromatic nitrogens is 2. The third-order valence-corrected chi connectivity index (χ3v) is 3.32. The predicted molar refractivity (Wildman–Crippen MR) is 69.8 cm³/mol. The molecule has 1 aromatic carbocycles. The summed E-state index contributed by atoms with van der Waals surface area (Å²) in [4.78, 5) is 0. The van der Waals surface area contributed by atoms with E-state index in [1.807, 2.05) is 12.1 Å². The number of hydrogen-bond donors (Lipinski definition) is 1. The number of benzene rings is 1. The largest absolute Gasteiger partial charge is 0.496 e. The van der Waals surface area contributed by atoms with Crippen LogP contribution in [0.15, 0.2) is 27.8 Å². The Balaban J connectivity index is 2.07. The van der Waals surface area contributed by atoms with Crippen molar-refractivity contribution < 1.29 is 9.15 Å². The van der Waals surface area contributed by atoms with Crippen molar-refractivity contribution in [2.75, 3.05) is 7.11 Å². The molecule has 0 spiro atoms. The number of thioether (sulfide) groups is 1. The molecule has 0 amide bonds. The number of rotatable bonds is 5. The summed E-state index contributed by atoms with van der Waals surface area (Å²) in [7, 11) is 1.62. The molecule has 7 heteroatoms. The van der Waals surface area contributed by atoms with E-state index in [4.69, 9.17) is 26.5 Å². The molecule has 0 aliphatic rings. The zero-order valence-corrected chi connectivity index (χ0v) is 11.3. The first-order valence-electron chi connectivity index (χ1n) is 5.20. The first-order valence-corrected chi connectivity index (χ1v) is 6.57. The molecule has 0 aliphatic carbocycles. The fourth-order valence-corrected chi connectivity index (χ4v) is 2.33. The molecular weight excluding hydrogens is 274 g/mol. The third-order valence-electron chi connectivity index (χ3n) is 2.22. The number of halogens is 1. The molecule has 2 aromatic rings. The van der Waals surface area contributed by atoms with Crippen LogP contribution in [0.2, 0.25) is 5.02 Å². The first kappa shape index (κ1) is 13.2. The molecule has 1 heterocycles. The SMILES string of the molecule is COc1ccc(Cl)cc1CSc1nnc(CN)o1. The van der Waals surface area contributed by atoms with E-state index in [2.05, 4.69) is 10.2 Å². The summed E-state index contributed by atoms with van der Waals surface area (Å²) in [6, 6.07) is 5.47. The van der Waals surface area contributed by atoms with E-state index in [1.54, 1.807) is 13.2 Å². The second-order valence-corrected chi connectivity index (χ2v) is 4.77. The second-order valence-electron chi connectivity index (χ2n) is 3.41. The van der Waals surface area contributed by atoms with Crippen molar-refractivity contribution in [2.45, 2.75) is 17.5 Å². The molecule has 96 valence electrons. The van der Waals surface area contributed by atoms with Gasteiger partial charge in [0, 0.05) is 16.3 Å². The Morgan fingerprint density at radius 2 is 2.28 bits per heavy atom. The standard InChI is InChI=1S/C11H12ClN3O2S/c1-16-9-3-2-8(12)4-7(9)6-18-11-15-14-10(5-13)17-11/h2-4H,5-6,13H2,1H3. The highest BCUT2D eigenvalue weighted by Gasteiger charge is 2.09. The smallest absolute Gasteiger partial charge is 0.276 e. The van der Waals surface area contributed by atoms with Gasteiger partial charge in [-0.2, -0.15) is 0 Å². The molecule has 0 aliphatic heterocycles. The zero-order valence-electron chi connectivity index (χ0n) is 9.72. The van der Waals surface area contributed by atoms with Crippen LogP contribution in [0.3, 0.4) is 0 Å². The Labute approximate surface area is 114 Å². The van der Waals surface area contributed by atoms with E-state index in [0.717, 1.165) is 11.3 Å². The maximum atomic E-state index is 5.95. The number of hydrogen-bond acceptors (Lipinski definition) is 6. The Bertz CT molecular complexity index is 533. The van der Waals surface area contributed by atoms with Crippen molar-refractivity contribution in [3.63, 3.8) is 0 Å². The van der Waals surface area contributed by atoms with E-state index in [9.17, 15) is 0 Å². The van der Waals surface area contributed by atoms with Gasteiger partial charge in [-0.1, -0.05) is 23.4 Å². The van der Waals surface area contributed by atoms with E-state index in [0.29, 0.717) is 21.9 Å². The van der Waals surface area contributed by atoms with Crippen LogP contribution in [0, 0.1) is 0 Å². The fourth-order valence-electron chi connectivity index (χ4n) is 1.38. The summed E-state index contributed by atoms with van der Waals surface area (Å²) in [5.41, 5.74) is 6.37. The average Bonchev–Trinajstić information content (AvgIpc) is 2.84. The molecule has 0 atom stereocenters. The Hall–Kier alpha value is -1.24. The minimum Gasteiger partial charge on any atom is -0.496 e. The number of methoxy groups -OCH3 is 1. The molecule has 0 fully saturated rings. The molecule has 2 rings (SSSR count). The summed E-state index contributed by atoms with van der Waals surface area (Å²) in [5.74, 6) is 1.84. The van der Waals surface area contributed by atoms with Crippen LogP contribution in [0.25, 0.3) is 0 Å². The van der Waals surface area contributed by atoms with Crippen molar-refractivity contribution in [2.24, 2.45) is 5.73 Å². The lowest BCUT2D eigenvalue weighted by Gasteiger charge is -2.07. The van der Waals surface area contributed by atoms with Gasteiger partial charge in [-0.3, -0.25) is 0 Å². The number of nitrogens with two attached hydrogens (primary N) is 1. The number of nitrogens with zero attached hydrogens (tertiary/aromatic N) is 2. The van der Waals surface area contributed by atoms with Gasteiger partial charge >= 0.3 is 0 Å². The summed E-state index contributed by atoms with van der Waals surface area (Å²) >= 11 is 7.36. The van der Waals surface area contributed by atoms with Gasteiger partial charge in [0.25, 0.3) is 5.22 Å². The summed E-state index contributed by atoms with van der Waals surface area (Å²) < 4.78 is 10.6. The summed E-state index contributed by atoms with van der Waals surface area (Å²) in [6.07, 6.45) is 0. The fraction of sp³-hybridized carbons (Fsp3) is 0.273. The minimum absolute atomic E-state index is 0.244. The van der Waals surface area contributed by atoms with Crippen molar-refractivity contribution in [1.82, 2.24) is 10.2 Å². The van der Waals surface area contributed by atoms with Crippen molar-refractivity contribution >= 4 is 23.4 Å². The van der Waals surface area contributed by atoms with Gasteiger partial charge in [0.15, 0.2) is 0 Å². The van der Waals surface area contributed by atoms with E-state index >= 15 is 0 Å². The van der Waals surface area contributed by atoms with Gasteiger partial charge in [-0.15, -0.1) is 10.2 Å². The highest BCUT2D eigenvalue weighted by Crippen LogP contribution is 2.29. The van der Waals surface area contributed by atoms with Gasteiger partial charge in [0.2, 0.25) is 5.89 Å².